The van der Waals surface area contributed by atoms with Crippen molar-refractivity contribution in [3.05, 3.63) is 102 Å². The molecule has 0 unspecified atom stereocenters. The maximum atomic E-state index is 11.5. The summed E-state index contributed by atoms with van der Waals surface area (Å²) in [6.07, 6.45) is 0.675. The van der Waals surface area contributed by atoms with Gasteiger partial charge in [-0.15, -0.1) is 0 Å². The van der Waals surface area contributed by atoms with Crippen molar-refractivity contribution in [1.29, 1.82) is 0 Å². The van der Waals surface area contributed by atoms with Crippen LogP contribution in [0.5, 0.6) is 0 Å². The zero-order valence-electron chi connectivity index (χ0n) is 17.3. The van der Waals surface area contributed by atoms with Gasteiger partial charge in [0.2, 0.25) is 0 Å². The van der Waals surface area contributed by atoms with Crippen LogP contribution in [0.25, 0.3) is 0 Å². The third kappa shape index (κ3) is 5.35. The van der Waals surface area contributed by atoms with Gasteiger partial charge in [-0.1, -0.05) is 54.1 Å². The first-order chi connectivity index (χ1) is 13.9. The lowest BCUT2D eigenvalue weighted by Gasteiger charge is -2.26. The SMILES string of the molecule is C=C(C)C(=O)OCCc1ccc(N(c2ccc(C)cc2)c2ccc(C)cc2)cc1. The minimum absolute atomic E-state index is 0.341. The van der Waals surface area contributed by atoms with Crippen molar-refractivity contribution in [3.63, 3.8) is 0 Å². The topological polar surface area (TPSA) is 29.5 Å². The van der Waals surface area contributed by atoms with Gasteiger partial charge in [-0.2, -0.15) is 0 Å². The predicted molar refractivity (Wildman–Crippen MR) is 120 cm³/mol. The highest BCUT2D eigenvalue weighted by molar-refractivity contribution is 5.86. The molecule has 0 saturated carbocycles. The van der Waals surface area contributed by atoms with E-state index in [4.69, 9.17) is 4.74 Å². The molecule has 0 aromatic heterocycles. The molecular weight excluding hydrogens is 358 g/mol. The van der Waals surface area contributed by atoms with E-state index in [1.54, 1.807) is 6.92 Å². The van der Waals surface area contributed by atoms with Crippen LogP contribution in [0.3, 0.4) is 0 Å². The number of benzene rings is 3. The highest BCUT2D eigenvalue weighted by Crippen LogP contribution is 2.34. The summed E-state index contributed by atoms with van der Waals surface area (Å²) in [6.45, 7) is 9.79. The molecule has 0 bridgehead atoms. The molecule has 3 aromatic rings. The average Bonchev–Trinajstić information content (AvgIpc) is 2.72. The van der Waals surface area contributed by atoms with Gasteiger partial charge in [-0.05, 0) is 62.7 Å². The van der Waals surface area contributed by atoms with E-state index in [1.165, 1.54) is 11.1 Å². The first-order valence-corrected chi connectivity index (χ1v) is 9.79. The summed E-state index contributed by atoms with van der Waals surface area (Å²) >= 11 is 0. The maximum Gasteiger partial charge on any atom is 0.333 e. The molecule has 0 amide bonds. The van der Waals surface area contributed by atoms with Crippen molar-refractivity contribution in [3.8, 4) is 0 Å². The van der Waals surface area contributed by atoms with Crippen molar-refractivity contribution < 1.29 is 9.53 Å². The number of anilines is 3. The second-order valence-electron chi connectivity index (χ2n) is 7.34. The summed E-state index contributed by atoms with van der Waals surface area (Å²) in [7, 11) is 0. The molecule has 0 saturated heterocycles. The fraction of sp³-hybridized carbons (Fsp3) is 0.192. The zero-order valence-corrected chi connectivity index (χ0v) is 17.3. The molecule has 0 N–H and O–H groups in total. The molecule has 0 fully saturated rings. The molecule has 0 spiro atoms. The standard InChI is InChI=1S/C26H27NO2/c1-19(2)26(28)29-18-17-22-9-15-25(16-10-22)27(23-11-5-20(3)6-12-23)24-13-7-21(4)8-14-24/h5-16H,1,17-18H2,2-4H3. The number of carbonyl (C=O) groups is 1. The molecule has 3 aromatic carbocycles. The fourth-order valence-corrected chi connectivity index (χ4v) is 3.03. The van der Waals surface area contributed by atoms with E-state index < -0.39 is 0 Å². The number of hydrogen-bond donors (Lipinski definition) is 0. The lowest BCUT2D eigenvalue weighted by molar-refractivity contribution is -0.138. The zero-order chi connectivity index (χ0) is 20.8. The molecule has 0 atom stereocenters. The molecule has 148 valence electrons. The average molecular weight is 386 g/mol. The molecule has 0 aliphatic rings. The van der Waals surface area contributed by atoms with Gasteiger partial charge in [-0.3, -0.25) is 0 Å². The van der Waals surface area contributed by atoms with Crippen LogP contribution >= 0.6 is 0 Å². The second kappa shape index (κ2) is 9.24. The normalized spacial score (nSPS) is 10.4. The number of carbonyl (C=O) groups excluding carboxylic acids is 1. The van der Waals surface area contributed by atoms with Crippen molar-refractivity contribution >= 4 is 23.0 Å². The monoisotopic (exact) mass is 385 g/mol. The van der Waals surface area contributed by atoms with Crippen LogP contribution in [0.2, 0.25) is 0 Å². The lowest BCUT2D eigenvalue weighted by atomic mass is 10.1. The summed E-state index contributed by atoms with van der Waals surface area (Å²) in [5.41, 5.74) is 7.32. The van der Waals surface area contributed by atoms with Crippen LogP contribution in [-0.2, 0) is 16.0 Å². The number of aryl methyl sites for hydroxylation is 2. The van der Waals surface area contributed by atoms with Crippen LogP contribution < -0.4 is 4.90 Å². The minimum atomic E-state index is -0.341. The molecule has 0 aliphatic heterocycles. The van der Waals surface area contributed by atoms with Gasteiger partial charge in [0, 0.05) is 29.1 Å². The third-order valence-corrected chi connectivity index (χ3v) is 4.75. The van der Waals surface area contributed by atoms with Gasteiger partial charge in [0.25, 0.3) is 0 Å². The summed E-state index contributed by atoms with van der Waals surface area (Å²) in [6, 6.07) is 25.4. The van der Waals surface area contributed by atoms with Crippen LogP contribution in [-0.4, -0.2) is 12.6 Å². The largest absolute Gasteiger partial charge is 0.462 e. The highest BCUT2D eigenvalue weighted by atomic mass is 16.5. The van der Waals surface area contributed by atoms with E-state index >= 15 is 0 Å². The van der Waals surface area contributed by atoms with E-state index in [9.17, 15) is 4.79 Å². The van der Waals surface area contributed by atoms with Crippen molar-refractivity contribution in [2.45, 2.75) is 27.2 Å². The van der Waals surface area contributed by atoms with Crippen LogP contribution in [0.15, 0.2) is 84.9 Å². The molecule has 29 heavy (non-hydrogen) atoms. The van der Waals surface area contributed by atoms with Crippen molar-refractivity contribution in [1.82, 2.24) is 0 Å². The molecule has 0 heterocycles. The van der Waals surface area contributed by atoms with Crippen molar-refractivity contribution in [2.24, 2.45) is 0 Å². The Bertz CT molecular complexity index is 925. The Morgan fingerprint density at radius 2 is 1.21 bits per heavy atom. The predicted octanol–water partition coefficient (Wildman–Crippen LogP) is 6.44. The molecule has 3 heteroatoms. The number of rotatable bonds is 7. The van der Waals surface area contributed by atoms with E-state index in [-0.39, 0.29) is 5.97 Å². The van der Waals surface area contributed by atoms with E-state index in [0.29, 0.717) is 18.6 Å². The third-order valence-electron chi connectivity index (χ3n) is 4.75. The second-order valence-corrected chi connectivity index (χ2v) is 7.34. The number of hydrogen-bond acceptors (Lipinski definition) is 3. The Hall–Kier alpha value is -3.33. The summed E-state index contributed by atoms with van der Waals surface area (Å²) in [4.78, 5) is 13.7. The van der Waals surface area contributed by atoms with Crippen molar-refractivity contribution in [2.75, 3.05) is 11.5 Å². The van der Waals surface area contributed by atoms with Gasteiger partial charge < -0.3 is 9.64 Å². The smallest absolute Gasteiger partial charge is 0.333 e. The maximum absolute atomic E-state index is 11.5. The van der Waals surface area contributed by atoms with E-state index in [0.717, 1.165) is 22.6 Å². The minimum Gasteiger partial charge on any atom is -0.462 e. The summed E-state index contributed by atoms with van der Waals surface area (Å²) < 4.78 is 5.20. The molecule has 0 aliphatic carbocycles. The molecule has 3 nitrogen and oxygen atoms in total. The quantitative estimate of drug-likeness (QED) is 0.346. The first-order valence-electron chi connectivity index (χ1n) is 9.79. The van der Waals surface area contributed by atoms with Gasteiger partial charge in [-0.25, -0.2) is 4.79 Å². The summed E-state index contributed by atoms with van der Waals surface area (Å²) in [5.74, 6) is -0.341. The summed E-state index contributed by atoms with van der Waals surface area (Å²) in [5, 5.41) is 0. The first kappa shape index (κ1) is 20.4. The molecule has 3 rings (SSSR count). The number of esters is 1. The van der Waals surface area contributed by atoms with Crippen LogP contribution in [0.1, 0.15) is 23.6 Å². The van der Waals surface area contributed by atoms with E-state index in [1.807, 2.05) is 0 Å². The fourth-order valence-electron chi connectivity index (χ4n) is 3.03. The Kier molecular flexibility index (Phi) is 6.50. The van der Waals surface area contributed by atoms with Gasteiger partial charge in [0.15, 0.2) is 0 Å². The Morgan fingerprint density at radius 1 is 0.793 bits per heavy atom. The van der Waals surface area contributed by atoms with Gasteiger partial charge in [0.1, 0.15) is 0 Å². The van der Waals surface area contributed by atoms with Crippen LogP contribution in [0, 0.1) is 13.8 Å². The Morgan fingerprint density at radius 3 is 1.62 bits per heavy atom. The molecule has 0 radical (unpaired) electrons. The van der Waals surface area contributed by atoms with E-state index in [2.05, 4.69) is 98.1 Å². The Labute approximate surface area is 173 Å². The number of nitrogens with zero attached hydrogens (tertiary/aromatic N) is 1. The van der Waals surface area contributed by atoms with Gasteiger partial charge in [0.05, 0.1) is 6.61 Å². The molecular formula is C26H27NO2. The highest BCUT2D eigenvalue weighted by Gasteiger charge is 2.12. The van der Waals surface area contributed by atoms with Gasteiger partial charge >= 0.3 is 5.97 Å². The number of ether oxygens (including phenoxy) is 1. The Balaban J connectivity index is 1.82. The lowest BCUT2D eigenvalue weighted by Crippen LogP contribution is -2.10. The van der Waals surface area contributed by atoms with Crippen LogP contribution in [0.4, 0.5) is 17.1 Å².